The summed E-state index contributed by atoms with van der Waals surface area (Å²) in [6.07, 6.45) is 0. The molecule has 0 saturated carbocycles. The third-order valence-corrected chi connectivity index (χ3v) is 7.02. The molecular weight excluding hydrogens is 482 g/mol. The lowest BCUT2D eigenvalue weighted by atomic mass is 9.83. The minimum Gasteiger partial charge on any atom is -0.508 e. The summed E-state index contributed by atoms with van der Waals surface area (Å²) in [5, 5.41) is 20.0. The maximum Gasteiger partial charge on any atom is 0.283 e. The third kappa shape index (κ3) is 3.54. The minimum absolute atomic E-state index is 0.118. The van der Waals surface area contributed by atoms with Gasteiger partial charge in [0.05, 0.1) is 5.02 Å². The van der Waals surface area contributed by atoms with Gasteiger partial charge in [-0.1, -0.05) is 76.7 Å². The van der Waals surface area contributed by atoms with E-state index in [4.69, 9.17) is 46.4 Å². The van der Waals surface area contributed by atoms with Gasteiger partial charge in [0.2, 0.25) is 0 Å². The molecule has 0 saturated heterocycles. The Bertz CT molecular complexity index is 1190. The maximum absolute atomic E-state index is 13.0. The quantitative estimate of drug-likeness (QED) is 0.311. The van der Waals surface area contributed by atoms with Crippen LogP contribution in [0.25, 0.3) is 0 Å². The molecule has 0 amide bonds. The molecule has 1 atom stereocenters. The zero-order valence-electron chi connectivity index (χ0n) is 14.3. The molecule has 0 radical (unpaired) electrons. The van der Waals surface area contributed by atoms with Gasteiger partial charge in [-0.25, -0.2) is 0 Å². The van der Waals surface area contributed by atoms with E-state index in [1.54, 1.807) is 0 Å². The normalized spacial score (nSPS) is 13.8. The standard InChI is InChI=1S/C19H12Cl4O5S/c20-10-8-13(21)17(14(22)9-10)19(29(26,27)28,11-4-1-2-6-15(11)24)12-5-3-7-16(25)18(12)23/h1-9,24-25H,(H,26,27,28). The predicted octanol–water partition coefficient (Wildman–Crippen LogP) is 5.89. The van der Waals surface area contributed by atoms with E-state index in [0.29, 0.717) is 0 Å². The molecule has 152 valence electrons. The highest BCUT2D eigenvalue weighted by atomic mass is 35.5. The molecule has 10 heteroatoms. The Hall–Kier alpha value is -1.67. The Labute approximate surface area is 186 Å². The summed E-state index contributed by atoms with van der Waals surface area (Å²) >= 11 is 24.9. The van der Waals surface area contributed by atoms with Gasteiger partial charge in [0, 0.05) is 31.8 Å². The molecule has 0 spiro atoms. The number of halogens is 4. The van der Waals surface area contributed by atoms with E-state index in [-0.39, 0.29) is 36.8 Å². The molecule has 3 aromatic carbocycles. The first kappa shape index (κ1) is 22.0. The maximum atomic E-state index is 13.0. The van der Waals surface area contributed by atoms with Crippen LogP contribution < -0.4 is 0 Å². The van der Waals surface area contributed by atoms with Crippen molar-refractivity contribution >= 4 is 56.5 Å². The summed E-state index contributed by atoms with van der Waals surface area (Å²) in [7, 11) is -5.17. The van der Waals surface area contributed by atoms with Crippen LogP contribution in [-0.4, -0.2) is 23.2 Å². The fourth-order valence-corrected chi connectivity index (χ4v) is 6.18. The Morgan fingerprint density at radius 1 is 0.759 bits per heavy atom. The summed E-state index contributed by atoms with van der Waals surface area (Å²) < 4.78 is 34.0. The first-order valence-corrected chi connectivity index (χ1v) is 10.9. The summed E-state index contributed by atoms with van der Waals surface area (Å²) in [6.45, 7) is 0. The van der Waals surface area contributed by atoms with Crippen molar-refractivity contribution in [2.75, 3.05) is 0 Å². The van der Waals surface area contributed by atoms with Crippen molar-refractivity contribution in [2.45, 2.75) is 4.75 Å². The third-order valence-electron chi connectivity index (χ3n) is 4.39. The van der Waals surface area contributed by atoms with Crippen LogP contribution >= 0.6 is 46.4 Å². The number of phenolic OH excluding ortho intramolecular Hbond substituents is 2. The van der Waals surface area contributed by atoms with Crippen molar-refractivity contribution in [1.82, 2.24) is 0 Å². The molecule has 0 heterocycles. The fraction of sp³-hybridized carbons (Fsp3) is 0.0526. The summed E-state index contributed by atoms with van der Waals surface area (Å²) in [4.78, 5) is 0. The number of hydrogen-bond acceptors (Lipinski definition) is 4. The van der Waals surface area contributed by atoms with Crippen LogP contribution in [0, 0.1) is 0 Å². The van der Waals surface area contributed by atoms with Gasteiger partial charge in [-0.2, -0.15) is 8.42 Å². The van der Waals surface area contributed by atoms with Crippen LogP contribution in [0.15, 0.2) is 54.6 Å². The highest BCUT2D eigenvalue weighted by molar-refractivity contribution is 7.87. The summed E-state index contributed by atoms with van der Waals surface area (Å²) in [5.41, 5.74) is -0.836. The molecule has 0 bridgehead atoms. The molecule has 0 aromatic heterocycles. The second-order valence-electron chi connectivity index (χ2n) is 6.06. The van der Waals surface area contributed by atoms with Crippen LogP contribution in [0.3, 0.4) is 0 Å². The van der Waals surface area contributed by atoms with E-state index < -0.39 is 26.4 Å². The van der Waals surface area contributed by atoms with E-state index in [9.17, 15) is 23.2 Å². The molecule has 3 N–H and O–H groups in total. The van der Waals surface area contributed by atoms with Gasteiger partial charge in [0.15, 0.2) is 4.75 Å². The topological polar surface area (TPSA) is 94.8 Å². The average Bonchev–Trinajstić information content (AvgIpc) is 2.60. The molecule has 5 nitrogen and oxygen atoms in total. The van der Waals surface area contributed by atoms with Gasteiger partial charge in [-0.05, 0) is 24.3 Å². The summed E-state index contributed by atoms with van der Waals surface area (Å²) in [5.74, 6) is -0.930. The SMILES string of the molecule is O=S(=O)(O)C(c1ccccc1O)(c1cccc(O)c1Cl)c1c(Cl)cc(Cl)cc1Cl. The lowest BCUT2D eigenvalue weighted by molar-refractivity contribution is 0.439. The number of aromatic hydroxyl groups is 2. The van der Waals surface area contributed by atoms with E-state index in [1.807, 2.05) is 0 Å². The lowest BCUT2D eigenvalue weighted by Crippen LogP contribution is -2.39. The van der Waals surface area contributed by atoms with Gasteiger partial charge < -0.3 is 10.2 Å². The smallest absolute Gasteiger partial charge is 0.283 e. The molecule has 29 heavy (non-hydrogen) atoms. The Morgan fingerprint density at radius 3 is 1.83 bits per heavy atom. The number of benzene rings is 3. The molecule has 0 aliphatic heterocycles. The monoisotopic (exact) mass is 492 g/mol. The van der Waals surface area contributed by atoms with E-state index in [1.165, 1.54) is 54.6 Å². The van der Waals surface area contributed by atoms with Gasteiger partial charge in [0.25, 0.3) is 10.1 Å². The highest BCUT2D eigenvalue weighted by Crippen LogP contribution is 2.54. The van der Waals surface area contributed by atoms with Crippen LogP contribution in [0.5, 0.6) is 11.5 Å². The zero-order chi connectivity index (χ0) is 21.6. The van der Waals surface area contributed by atoms with Crippen LogP contribution in [0.2, 0.25) is 20.1 Å². The summed E-state index contributed by atoms with van der Waals surface area (Å²) in [6, 6.07) is 11.7. The van der Waals surface area contributed by atoms with Crippen LogP contribution in [-0.2, 0) is 14.9 Å². The van der Waals surface area contributed by atoms with Gasteiger partial charge in [0.1, 0.15) is 11.5 Å². The van der Waals surface area contributed by atoms with Gasteiger partial charge in [-0.3, -0.25) is 4.55 Å². The first-order chi connectivity index (χ1) is 13.5. The molecule has 0 aliphatic rings. The van der Waals surface area contributed by atoms with Gasteiger partial charge in [-0.15, -0.1) is 0 Å². The molecule has 3 rings (SSSR count). The Balaban J connectivity index is 2.68. The van der Waals surface area contributed by atoms with Crippen molar-refractivity contribution in [1.29, 1.82) is 0 Å². The van der Waals surface area contributed by atoms with Crippen molar-refractivity contribution in [2.24, 2.45) is 0 Å². The van der Waals surface area contributed by atoms with E-state index >= 15 is 0 Å². The van der Waals surface area contributed by atoms with Crippen LogP contribution in [0.4, 0.5) is 0 Å². The molecule has 1 unspecified atom stereocenters. The van der Waals surface area contributed by atoms with Crippen molar-refractivity contribution < 1.29 is 23.2 Å². The average molecular weight is 494 g/mol. The zero-order valence-corrected chi connectivity index (χ0v) is 18.1. The van der Waals surface area contributed by atoms with Gasteiger partial charge >= 0.3 is 0 Å². The van der Waals surface area contributed by atoms with Crippen LogP contribution in [0.1, 0.15) is 16.7 Å². The van der Waals surface area contributed by atoms with Crippen molar-refractivity contribution in [3.63, 3.8) is 0 Å². The lowest BCUT2D eigenvalue weighted by Gasteiger charge is -2.35. The Morgan fingerprint density at radius 2 is 1.28 bits per heavy atom. The molecule has 3 aromatic rings. The number of rotatable bonds is 4. The molecule has 0 fully saturated rings. The van der Waals surface area contributed by atoms with Crippen molar-refractivity contribution in [3.8, 4) is 11.5 Å². The van der Waals surface area contributed by atoms with E-state index in [0.717, 1.165) is 0 Å². The minimum atomic E-state index is -5.17. The molecule has 0 aliphatic carbocycles. The highest BCUT2D eigenvalue weighted by Gasteiger charge is 2.53. The number of para-hydroxylation sites is 1. The second kappa shape index (κ2) is 7.87. The predicted molar refractivity (Wildman–Crippen MR) is 114 cm³/mol. The number of phenols is 2. The molecular formula is C19H12Cl4O5S. The largest absolute Gasteiger partial charge is 0.508 e. The Kier molecular flexibility index (Phi) is 5.98. The first-order valence-electron chi connectivity index (χ1n) is 7.90. The van der Waals surface area contributed by atoms with Crippen molar-refractivity contribution in [3.05, 3.63) is 91.4 Å². The van der Waals surface area contributed by atoms with E-state index in [2.05, 4.69) is 0 Å². The second-order valence-corrected chi connectivity index (χ2v) is 9.25. The number of hydrogen-bond donors (Lipinski definition) is 3. The fourth-order valence-electron chi connectivity index (χ4n) is 3.26.